The number of methoxy groups -OCH3 is 1. The van der Waals surface area contributed by atoms with Gasteiger partial charge >= 0.3 is 5.97 Å². The van der Waals surface area contributed by atoms with Crippen LogP contribution in [0.3, 0.4) is 0 Å². The van der Waals surface area contributed by atoms with Gasteiger partial charge in [-0.1, -0.05) is 19.1 Å². The van der Waals surface area contributed by atoms with Crippen molar-refractivity contribution in [3.63, 3.8) is 0 Å². The summed E-state index contributed by atoms with van der Waals surface area (Å²) in [5, 5.41) is 4.14. The summed E-state index contributed by atoms with van der Waals surface area (Å²) in [7, 11) is 1.28. The highest BCUT2D eigenvalue weighted by Crippen LogP contribution is 2.34. The van der Waals surface area contributed by atoms with Crippen molar-refractivity contribution >= 4 is 29.2 Å². The molecule has 0 N–H and O–H groups in total. The number of carbonyl (C=O) groups is 3. The number of imide groups is 1. The number of pyridine rings is 1. The Morgan fingerprint density at radius 2 is 1.85 bits per heavy atom. The Labute approximate surface area is 233 Å². The molecule has 0 aliphatic carbocycles. The van der Waals surface area contributed by atoms with Gasteiger partial charge in [-0.05, 0) is 43.0 Å². The van der Waals surface area contributed by atoms with Crippen LogP contribution in [0.4, 0.5) is 10.2 Å². The summed E-state index contributed by atoms with van der Waals surface area (Å²) in [5.74, 6) is -1.65. The van der Waals surface area contributed by atoms with Crippen molar-refractivity contribution in [1.82, 2.24) is 24.1 Å². The summed E-state index contributed by atoms with van der Waals surface area (Å²) >= 11 is 0. The number of hydrogen-bond donors (Lipinski definition) is 0. The van der Waals surface area contributed by atoms with Crippen LogP contribution in [0.1, 0.15) is 62.4 Å². The van der Waals surface area contributed by atoms with Crippen LogP contribution in [-0.2, 0) is 11.3 Å². The molecule has 1 fully saturated rings. The monoisotopic (exact) mass is 558 g/mol. The van der Waals surface area contributed by atoms with Gasteiger partial charge in [0.2, 0.25) is 0 Å². The lowest BCUT2D eigenvalue weighted by molar-refractivity contribution is 0.0598. The highest BCUT2D eigenvalue weighted by molar-refractivity contribution is 6.21. The highest BCUT2D eigenvalue weighted by Gasteiger charge is 2.36. The van der Waals surface area contributed by atoms with Gasteiger partial charge in [0.1, 0.15) is 17.2 Å². The van der Waals surface area contributed by atoms with E-state index in [0.29, 0.717) is 41.1 Å². The van der Waals surface area contributed by atoms with Gasteiger partial charge in [-0.25, -0.2) is 18.7 Å². The number of anilines is 1. The zero-order valence-electron chi connectivity index (χ0n) is 22.5. The molecule has 2 amide bonds. The van der Waals surface area contributed by atoms with Gasteiger partial charge in [0, 0.05) is 37.6 Å². The van der Waals surface area contributed by atoms with Gasteiger partial charge in [-0.15, -0.1) is 0 Å². The zero-order chi connectivity index (χ0) is 28.8. The third-order valence-corrected chi connectivity index (χ3v) is 7.63. The van der Waals surface area contributed by atoms with Crippen LogP contribution in [0, 0.1) is 11.7 Å². The van der Waals surface area contributed by atoms with Crippen molar-refractivity contribution in [3.8, 4) is 0 Å². The molecule has 0 saturated carbocycles. The largest absolute Gasteiger partial charge is 0.465 e. The lowest BCUT2D eigenvalue weighted by atomic mass is 10.1. The summed E-state index contributed by atoms with van der Waals surface area (Å²) in [6.45, 7) is 2.61. The first-order chi connectivity index (χ1) is 19.8. The maximum atomic E-state index is 14.9. The second kappa shape index (κ2) is 10.3. The lowest BCUT2D eigenvalue weighted by Crippen LogP contribution is -2.37. The van der Waals surface area contributed by atoms with Crippen molar-refractivity contribution in [1.29, 1.82) is 0 Å². The quantitative estimate of drug-likeness (QED) is 0.251. The van der Waals surface area contributed by atoms with Crippen LogP contribution in [-0.4, -0.2) is 62.0 Å². The zero-order valence-corrected chi connectivity index (χ0v) is 22.5. The van der Waals surface area contributed by atoms with Crippen LogP contribution in [0.2, 0.25) is 0 Å². The number of esters is 1. The highest BCUT2D eigenvalue weighted by atomic mass is 19.1. The molecule has 0 spiro atoms. The average molecular weight is 559 g/mol. The van der Waals surface area contributed by atoms with Crippen LogP contribution < -0.4 is 10.5 Å². The minimum atomic E-state index is -0.564. The summed E-state index contributed by atoms with van der Waals surface area (Å²) in [6.07, 6.45) is 5.58. The molecule has 2 atom stereocenters. The second-order valence-corrected chi connectivity index (χ2v) is 10.4. The maximum absolute atomic E-state index is 14.9. The lowest BCUT2D eigenvalue weighted by Gasteiger charge is -2.26. The van der Waals surface area contributed by atoms with Crippen molar-refractivity contribution < 1.29 is 23.5 Å². The molecule has 0 unspecified atom stereocenters. The minimum absolute atomic E-state index is 0.0952. The fraction of sp³-hybridized carbons (Fsp3) is 0.310. The number of aromatic nitrogens is 4. The molecular formula is C29H27FN6O5. The smallest absolute Gasteiger partial charge is 0.343 e. The van der Waals surface area contributed by atoms with E-state index in [1.165, 1.54) is 33.4 Å². The topological polar surface area (TPSA) is 119 Å². The fourth-order valence-electron chi connectivity index (χ4n) is 5.74. The van der Waals surface area contributed by atoms with Crippen LogP contribution >= 0.6 is 0 Å². The number of fused-ring (bicyclic) bond motifs is 2. The number of nitrogens with zero attached hydrogens (tertiary/aromatic N) is 6. The maximum Gasteiger partial charge on any atom is 0.343 e. The molecule has 1 aromatic carbocycles. The number of hydrogen-bond acceptors (Lipinski definition) is 8. The normalized spacial score (nSPS) is 17.4. The molecule has 11 nitrogen and oxygen atoms in total. The predicted octanol–water partition coefficient (Wildman–Crippen LogP) is 3.09. The molecule has 210 valence electrons. The van der Waals surface area contributed by atoms with E-state index < -0.39 is 17.8 Å². The van der Waals surface area contributed by atoms with Crippen LogP contribution in [0.5, 0.6) is 0 Å². The number of amides is 2. The molecule has 0 radical (unpaired) electrons. The second-order valence-electron chi connectivity index (χ2n) is 10.4. The van der Waals surface area contributed by atoms with E-state index in [2.05, 4.69) is 10.1 Å². The Kier molecular flexibility index (Phi) is 6.60. The van der Waals surface area contributed by atoms with E-state index >= 15 is 0 Å². The van der Waals surface area contributed by atoms with Crippen molar-refractivity contribution in [2.75, 3.05) is 25.1 Å². The molecule has 4 aromatic rings. The van der Waals surface area contributed by atoms with E-state index in [-0.39, 0.29) is 41.9 Å². The summed E-state index contributed by atoms with van der Waals surface area (Å²) < 4.78 is 22.5. The fourth-order valence-corrected chi connectivity index (χ4v) is 5.74. The van der Waals surface area contributed by atoms with E-state index in [1.807, 2.05) is 11.8 Å². The van der Waals surface area contributed by atoms with Crippen LogP contribution in [0.25, 0.3) is 5.65 Å². The van der Waals surface area contributed by atoms with Crippen LogP contribution in [0.15, 0.2) is 59.8 Å². The van der Waals surface area contributed by atoms with E-state index in [4.69, 9.17) is 4.74 Å². The van der Waals surface area contributed by atoms with Gasteiger partial charge in [0.25, 0.3) is 17.4 Å². The predicted molar refractivity (Wildman–Crippen MR) is 145 cm³/mol. The van der Waals surface area contributed by atoms with Gasteiger partial charge in [-0.2, -0.15) is 5.10 Å². The van der Waals surface area contributed by atoms with Crippen molar-refractivity contribution in [2.24, 2.45) is 5.92 Å². The van der Waals surface area contributed by atoms with Gasteiger partial charge < -0.3 is 14.2 Å². The molecule has 6 rings (SSSR count). The van der Waals surface area contributed by atoms with Gasteiger partial charge in [0.15, 0.2) is 5.65 Å². The first-order valence-electron chi connectivity index (χ1n) is 13.3. The number of carbonyl (C=O) groups excluding carboxylic acids is 3. The third kappa shape index (κ3) is 4.54. The molecule has 2 aliphatic heterocycles. The first-order valence-corrected chi connectivity index (χ1v) is 13.3. The van der Waals surface area contributed by atoms with E-state index in [9.17, 15) is 23.6 Å². The Balaban J connectivity index is 1.25. The summed E-state index contributed by atoms with van der Waals surface area (Å²) in [4.78, 5) is 59.1. The first kappa shape index (κ1) is 26.4. The van der Waals surface area contributed by atoms with Gasteiger partial charge in [-0.3, -0.25) is 19.3 Å². The van der Waals surface area contributed by atoms with Crippen molar-refractivity contribution in [2.45, 2.75) is 32.4 Å². The molecule has 3 aromatic heterocycles. The summed E-state index contributed by atoms with van der Waals surface area (Å²) in [6, 6.07) is 9.21. The molecule has 12 heteroatoms. The van der Waals surface area contributed by atoms with Gasteiger partial charge in [0.05, 0.1) is 30.5 Å². The SMILES string of the molecule is COC(=O)c1cnn2ccc(N3CCC[C@@H]3c3cc(F)cn(C[C@@H](C)CN4C(=O)c5ccccc5C4=O)c3=O)nc12. The molecule has 5 heterocycles. The van der Waals surface area contributed by atoms with E-state index in [0.717, 1.165) is 12.6 Å². The number of halogens is 1. The molecule has 1 saturated heterocycles. The Hall–Kier alpha value is -4.87. The minimum Gasteiger partial charge on any atom is -0.465 e. The average Bonchev–Trinajstić information content (AvgIpc) is 3.68. The molecule has 41 heavy (non-hydrogen) atoms. The Morgan fingerprint density at radius 3 is 2.56 bits per heavy atom. The number of benzene rings is 1. The molecule has 0 bridgehead atoms. The summed E-state index contributed by atoms with van der Waals surface area (Å²) in [5.41, 5.74) is 1.19. The number of ether oxygens (including phenoxy) is 1. The Morgan fingerprint density at radius 1 is 1.12 bits per heavy atom. The standard InChI is InChI=1S/C29H27FN6O5/c1-17(15-35-27(38)19-6-3-4-7-20(19)28(35)39)14-33-16-18(30)12-21(26(33)37)23-8-5-10-34(23)24-9-11-36-25(32-24)22(13-31-36)29(40)41-2/h3-4,6-7,9,11-13,16-17,23H,5,8,10,14-15H2,1-2H3/t17-,23-/m1/s1. The molecule has 2 aliphatic rings. The third-order valence-electron chi connectivity index (χ3n) is 7.63. The van der Waals surface area contributed by atoms with E-state index in [1.54, 1.807) is 36.5 Å². The molecular weight excluding hydrogens is 531 g/mol. The Bertz CT molecular complexity index is 1730. The van der Waals surface area contributed by atoms with Crippen molar-refractivity contribution in [3.05, 3.63) is 93.4 Å². The number of rotatable bonds is 7.